The van der Waals surface area contributed by atoms with E-state index >= 15 is 0 Å². The fourth-order valence-electron chi connectivity index (χ4n) is 4.27. The van der Waals surface area contributed by atoms with Gasteiger partial charge in [-0.1, -0.05) is 12.1 Å². The lowest BCUT2D eigenvalue weighted by molar-refractivity contribution is -0.384. The minimum absolute atomic E-state index is 0.117. The van der Waals surface area contributed by atoms with Gasteiger partial charge in [-0.15, -0.1) is 11.3 Å². The van der Waals surface area contributed by atoms with Gasteiger partial charge < -0.3 is 25.0 Å². The summed E-state index contributed by atoms with van der Waals surface area (Å²) in [6, 6.07) is 11.8. The van der Waals surface area contributed by atoms with Gasteiger partial charge in [0.15, 0.2) is 0 Å². The Morgan fingerprint density at radius 1 is 1.14 bits per heavy atom. The predicted octanol–water partition coefficient (Wildman–Crippen LogP) is 4.24. The first-order valence-corrected chi connectivity index (χ1v) is 12.4. The molecule has 3 aromatic rings. The molecule has 2 N–H and O–H groups in total. The first kappa shape index (κ1) is 24.3. The number of nitro benzene ring substituents is 1. The molecule has 190 valence electrons. The van der Waals surface area contributed by atoms with Gasteiger partial charge in [0.25, 0.3) is 11.6 Å². The van der Waals surface area contributed by atoms with Crippen LogP contribution in [0.1, 0.15) is 49.8 Å². The van der Waals surface area contributed by atoms with E-state index in [1.54, 1.807) is 36.1 Å². The lowest BCUT2D eigenvalue weighted by atomic mass is 10.0. The number of benzene rings is 2. The van der Waals surface area contributed by atoms with Crippen molar-refractivity contribution < 1.29 is 28.8 Å². The maximum atomic E-state index is 13.0. The van der Waals surface area contributed by atoms with Gasteiger partial charge in [-0.2, -0.15) is 0 Å². The lowest BCUT2D eigenvalue weighted by Crippen LogP contribution is -2.39. The molecule has 2 aliphatic heterocycles. The Morgan fingerprint density at radius 2 is 1.86 bits per heavy atom. The van der Waals surface area contributed by atoms with Crippen molar-refractivity contribution >= 4 is 40.0 Å². The van der Waals surface area contributed by atoms with Crippen LogP contribution in [0.15, 0.2) is 48.5 Å². The largest absolute Gasteiger partial charge is 0.450 e. The first-order chi connectivity index (χ1) is 17.8. The second-order valence-electron chi connectivity index (χ2n) is 8.39. The molecule has 2 amide bonds. The number of hydrogen-bond donors (Lipinski definition) is 2. The summed E-state index contributed by atoms with van der Waals surface area (Å²) in [5, 5.41) is 17.9. The zero-order chi connectivity index (χ0) is 26.1. The molecule has 12 heteroatoms. The normalized spacial score (nSPS) is 16.1. The van der Waals surface area contributed by atoms with E-state index in [2.05, 4.69) is 10.6 Å². The Hall–Kier alpha value is -4.45. The Kier molecular flexibility index (Phi) is 6.49. The standard InChI is InChI=1S/C25H22N4O7S/c1-2-35-25(32)28-12-11-18-19(13-28)37-23-20(18)22(30)26-21(27-23)14-5-9-17(10-6-14)36-24(31)15-3-7-16(8-4-15)29(33)34/h3-10,21,27H,2,11-13H2,1H3,(H,26,30)/t21-/m0/s1. The maximum absolute atomic E-state index is 13.0. The minimum Gasteiger partial charge on any atom is -0.450 e. The van der Waals surface area contributed by atoms with Crippen molar-refractivity contribution in [2.24, 2.45) is 0 Å². The number of esters is 1. The van der Waals surface area contributed by atoms with Crippen LogP contribution in [0.4, 0.5) is 15.5 Å². The van der Waals surface area contributed by atoms with E-state index < -0.39 is 17.1 Å². The van der Waals surface area contributed by atoms with Crippen LogP contribution in [0.2, 0.25) is 0 Å². The molecule has 0 saturated carbocycles. The maximum Gasteiger partial charge on any atom is 0.410 e. The number of amides is 2. The fraction of sp³-hybridized carbons (Fsp3) is 0.240. The van der Waals surface area contributed by atoms with E-state index in [1.807, 2.05) is 0 Å². The van der Waals surface area contributed by atoms with Crippen molar-refractivity contribution in [1.82, 2.24) is 10.2 Å². The molecule has 0 bridgehead atoms. The Morgan fingerprint density at radius 3 is 2.54 bits per heavy atom. The van der Waals surface area contributed by atoms with Crippen LogP contribution < -0.4 is 15.4 Å². The number of carbonyl (C=O) groups is 3. The van der Waals surface area contributed by atoms with Crippen LogP contribution >= 0.6 is 11.3 Å². The molecule has 11 nitrogen and oxygen atoms in total. The summed E-state index contributed by atoms with van der Waals surface area (Å²) in [5.41, 5.74) is 2.40. The molecule has 0 aliphatic carbocycles. The molecule has 5 rings (SSSR count). The number of ether oxygens (including phenoxy) is 2. The van der Waals surface area contributed by atoms with Crippen LogP contribution in [-0.2, 0) is 17.7 Å². The molecule has 0 saturated heterocycles. The van der Waals surface area contributed by atoms with E-state index in [4.69, 9.17) is 9.47 Å². The molecule has 0 spiro atoms. The summed E-state index contributed by atoms with van der Waals surface area (Å²) >= 11 is 1.46. The third-order valence-electron chi connectivity index (χ3n) is 6.10. The predicted molar refractivity (Wildman–Crippen MR) is 134 cm³/mol. The lowest BCUT2D eigenvalue weighted by Gasteiger charge is -2.28. The van der Waals surface area contributed by atoms with Crippen LogP contribution in [0.25, 0.3) is 0 Å². The molecule has 37 heavy (non-hydrogen) atoms. The Balaban J connectivity index is 1.26. The number of non-ortho nitro benzene ring substituents is 1. The van der Waals surface area contributed by atoms with Gasteiger partial charge in [0.1, 0.15) is 16.9 Å². The summed E-state index contributed by atoms with van der Waals surface area (Å²) in [5.74, 6) is -0.535. The molecular formula is C25H22N4O7S. The third-order valence-corrected chi connectivity index (χ3v) is 7.25. The van der Waals surface area contributed by atoms with E-state index in [0.29, 0.717) is 37.4 Å². The van der Waals surface area contributed by atoms with Crippen molar-refractivity contribution in [3.8, 4) is 5.75 Å². The molecule has 0 unspecified atom stereocenters. The average Bonchev–Trinajstić information content (AvgIpc) is 3.27. The summed E-state index contributed by atoms with van der Waals surface area (Å²) in [6.45, 7) is 2.97. The Labute approximate surface area is 215 Å². The van der Waals surface area contributed by atoms with Gasteiger partial charge in [0.05, 0.1) is 29.2 Å². The van der Waals surface area contributed by atoms with Crippen molar-refractivity contribution in [3.05, 3.63) is 85.8 Å². The number of nitrogens with one attached hydrogen (secondary N) is 2. The summed E-state index contributed by atoms with van der Waals surface area (Å²) in [7, 11) is 0. The van der Waals surface area contributed by atoms with Gasteiger partial charge in [0, 0.05) is 23.6 Å². The SMILES string of the molecule is CCOC(=O)N1CCc2c(sc3c2C(=O)N[C@H](c2ccc(OC(=O)c4ccc([N+](=O)[O-])cc4)cc2)N3)C1. The highest BCUT2D eigenvalue weighted by atomic mass is 32.1. The quantitative estimate of drug-likeness (QED) is 0.219. The monoisotopic (exact) mass is 522 g/mol. The average molecular weight is 523 g/mol. The highest BCUT2D eigenvalue weighted by Crippen LogP contribution is 2.41. The smallest absolute Gasteiger partial charge is 0.410 e. The number of carbonyl (C=O) groups excluding carboxylic acids is 3. The van der Waals surface area contributed by atoms with Crippen molar-refractivity contribution in [2.75, 3.05) is 18.5 Å². The molecule has 0 fully saturated rings. The van der Waals surface area contributed by atoms with Gasteiger partial charge >= 0.3 is 12.1 Å². The van der Waals surface area contributed by atoms with Crippen molar-refractivity contribution in [3.63, 3.8) is 0 Å². The van der Waals surface area contributed by atoms with Crippen LogP contribution in [0.5, 0.6) is 5.75 Å². The van der Waals surface area contributed by atoms with Gasteiger partial charge in [0.2, 0.25) is 0 Å². The number of thiophene rings is 1. The summed E-state index contributed by atoms with van der Waals surface area (Å²) in [6.07, 6.45) is -0.265. The third kappa shape index (κ3) is 4.83. The van der Waals surface area contributed by atoms with E-state index in [9.17, 15) is 24.5 Å². The van der Waals surface area contributed by atoms with Gasteiger partial charge in [-0.3, -0.25) is 14.9 Å². The van der Waals surface area contributed by atoms with Crippen molar-refractivity contribution in [2.45, 2.75) is 26.1 Å². The number of anilines is 1. The van der Waals surface area contributed by atoms with Crippen LogP contribution in [0.3, 0.4) is 0 Å². The number of hydrogen-bond acceptors (Lipinski definition) is 9. The molecule has 3 heterocycles. The van der Waals surface area contributed by atoms with Gasteiger partial charge in [-0.25, -0.2) is 9.59 Å². The van der Waals surface area contributed by atoms with Crippen molar-refractivity contribution in [1.29, 1.82) is 0 Å². The molecule has 1 atom stereocenters. The number of nitro groups is 1. The number of nitrogens with zero attached hydrogens (tertiary/aromatic N) is 2. The van der Waals surface area contributed by atoms with E-state index in [1.165, 1.54) is 35.6 Å². The topological polar surface area (TPSA) is 140 Å². The first-order valence-electron chi connectivity index (χ1n) is 11.5. The highest BCUT2D eigenvalue weighted by molar-refractivity contribution is 7.16. The van der Waals surface area contributed by atoms with Crippen LogP contribution in [0, 0.1) is 10.1 Å². The summed E-state index contributed by atoms with van der Waals surface area (Å²) in [4.78, 5) is 50.3. The Bertz CT molecular complexity index is 1390. The summed E-state index contributed by atoms with van der Waals surface area (Å²) < 4.78 is 10.5. The molecule has 0 radical (unpaired) electrons. The molecule has 2 aromatic carbocycles. The fourth-order valence-corrected chi connectivity index (χ4v) is 5.56. The second kappa shape index (κ2) is 9.90. The van der Waals surface area contributed by atoms with Gasteiger partial charge in [-0.05, 0) is 48.7 Å². The molecule has 2 aliphatic rings. The van der Waals surface area contributed by atoms with Crippen LogP contribution in [-0.4, -0.2) is 40.9 Å². The van der Waals surface area contributed by atoms with E-state index in [0.717, 1.165) is 21.0 Å². The zero-order valence-electron chi connectivity index (χ0n) is 19.7. The number of rotatable bonds is 5. The molecule has 1 aromatic heterocycles. The highest BCUT2D eigenvalue weighted by Gasteiger charge is 2.34. The minimum atomic E-state index is -0.641. The van der Waals surface area contributed by atoms with E-state index in [-0.39, 0.29) is 23.3 Å². The molecular weight excluding hydrogens is 500 g/mol. The zero-order valence-corrected chi connectivity index (χ0v) is 20.5. The number of fused-ring (bicyclic) bond motifs is 3. The second-order valence-corrected chi connectivity index (χ2v) is 9.50.